The van der Waals surface area contributed by atoms with E-state index in [2.05, 4.69) is 17.2 Å². The Morgan fingerprint density at radius 2 is 1.63 bits per heavy atom. The van der Waals surface area contributed by atoms with Crippen LogP contribution in [0.1, 0.15) is 78.6 Å². The summed E-state index contributed by atoms with van der Waals surface area (Å²) in [5.74, 6) is 0.448. The van der Waals surface area contributed by atoms with Gasteiger partial charge in [-0.15, -0.1) is 0 Å². The highest BCUT2D eigenvalue weighted by Gasteiger charge is 2.34. The molecular weight excluding hydrogens is 486 g/mol. The van der Waals surface area contributed by atoms with Crippen LogP contribution in [-0.4, -0.2) is 78.2 Å². The van der Waals surface area contributed by atoms with Crippen LogP contribution in [0.25, 0.3) is 0 Å². The fourth-order valence-corrected chi connectivity index (χ4v) is 7.56. The molecule has 1 aromatic heterocycles. The van der Waals surface area contributed by atoms with Crippen molar-refractivity contribution in [3.63, 3.8) is 0 Å². The maximum absolute atomic E-state index is 13.4. The number of amides is 3. The van der Waals surface area contributed by atoms with E-state index in [9.17, 15) is 18.0 Å². The van der Waals surface area contributed by atoms with Gasteiger partial charge >= 0.3 is 6.03 Å². The standard InChI is InChI=1S/C24H41N5O4S2/c1-5-28(6-2)21(30)17-27(4)35(32,33)22-16-25-23(34-22)26-24(31)29(19-10-8-7-9-11-19)20-14-12-18(3)13-15-20/h16,18-20H,5-15,17H2,1-4H3,(H,25,26,31)/t18-,20-. The van der Waals surface area contributed by atoms with Gasteiger partial charge in [-0.1, -0.05) is 37.5 Å². The van der Waals surface area contributed by atoms with Crippen LogP contribution in [0.2, 0.25) is 0 Å². The van der Waals surface area contributed by atoms with Crippen LogP contribution >= 0.6 is 11.3 Å². The number of nitrogens with one attached hydrogen (secondary N) is 1. The van der Waals surface area contributed by atoms with Gasteiger partial charge < -0.3 is 9.80 Å². The maximum atomic E-state index is 13.4. The van der Waals surface area contributed by atoms with Crippen molar-refractivity contribution in [3.05, 3.63) is 6.20 Å². The third-order valence-corrected chi connectivity index (χ3v) is 10.6. The number of rotatable bonds is 9. The molecule has 0 radical (unpaired) electrons. The molecule has 0 spiro atoms. The second-order valence-corrected chi connectivity index (χ2v) is 13.2. The van der Waals surface area contributed by atoms with Gasteiger partial charge in [-0.25, -0.2) is 18.2 Å². The normalized spacial score (nSPS) is 21.6. The zero-order valence-corrected chi connectivity index (χ0v) is 23.2. The third kappa shape index (κ3) is 6.95. The van der Waals surface area contributed by atoms with E-state index in [0.717, 1.165) is 67.0 Å². The largest absolute Gasteiger partial charge is 0.342 e. The van der Waals surface area contributed by atoms with Crippen molar-refractivity contribution in [3.8, 4) is 0 Å². The average molecular weight is 528 g/mol. The van der Waals surface area contributed by atoms with E-state index < -0.39 is 10.0 Å². The molecule has 1 aromatic rings. The molecule has 35 heavy (non-hydrogen) atoms. The monoisotopic (exact) mass is 527 g/mol. The number of urea groups is 1. The summed E-state index contributed by atoms with van der Waals surface area (Å²) in [6.07, 6.45) is 11.0. The molecule has 1 N–H and O–H groups in total. The van der Waals surface area contributed by atoms with Gasteiger partial charge in [-0.2, -0.15) is 4.31 Å². The first-order valence-corrected chi connectivity index (χ1v) is 15.2. The fraction of sp³-hybridized carbons (Fsp3) is 0.792. The average Bonchev–Trinajstić information content (AvgIpc) is 3.31. The van der Waals surface area contributed by atoms with E-state index >= 15 is 0 Å². The summed E-state index contributed by atoms with van der Waals surface area (Å²) >= 11 is 0.930. The van der Waals surface area contributed by atoms with Crippen molar-refractivity contribution >= 4 is 38.4 Å². The van der Waals surface area contributed by atoms with Gasteiger partial charge in [-0.05, 0) is 58.3 Å². The van der Waals surface area contributed by atoms with Gasteiger partial charge in [0.15, 0.2) is 9.34 Å². The maximum Gasteiger partial charge on any atom is 0.324 e. The molecule has 0 atom stereocenters. The first kappa shape index (κ1) is 27.9. The minimum absolute atomic E-state index is 0.0124. The highest BCUT2D eigenvalue weighted by molar-refractivity contribution is 7.91. The lowest BCUT2D eigenvalue weighted by atomic mass is 9.84. The molecule has 2 aliphatic carbocycles. The predicted molar refractivity (Wildman–Crippen MR) is 139 cm³/mol. The van der Waals surface area contributed by atoms with Crippen molar-refractivity contribution in [2.24, 2.45) is 5.92 Å². The number of aromatic nitrogens is 1. The summed E-state index contributed by atoms with van der Waals surface area (Å²) in [6.45, 7) is 6.80. The molecule has 0 unspecified atom stereocenters. The fourth-order valence-electron chi connectivity index (χ4n) is 5.21. The lowest BCUT2D eigenvalue weighted by Gasteiger charge is -2.42. The minimum atomic E-state index is -3.89. The lowest BCUT2D eigenvalue weighted by molar-refractivity contribution is -0.130. The number of carbonyl (C=O) groups is 2. The van der Waals surface area contributed by atoms with Gasteiger partial charge in [0.2, 0.25) is 5.91 Å². The van der Waals surface area contributed by atoms with Gasteiger partial charge in [0.25, 0.3) is 10.0 Å². The summed E-state index contributed by atoms with van der Waals surface area (Å²) in [7, 11) is -2.50. The molecule has 0 aliphatic heterocycles. The van der Waals surface area contributed by atoms with Crippen molar-refractivity contribution in [2.75, 3.05) is 32.0 Å². The second-order valence-electron chi connectivity index (χ2n) is 9.85. The molecule has 2 fully saturated rings. The lowest BCUT2D eigenvalue weighted by Crippen LogP contribution is -2.51. The van der Waals surface area contributed by atoms with Crippen molar-refractivity contribution in [2.45, 2.75) is 94.9 Å². The number of carbonyl (C=O) groups excluding carboxylic acids is 2. The number of sulfonamides is 1. The van der Waals surface area contributed by atoms with Crippen molar-refractivity contribution in [1.82, 2.24) is 19.1 Å². The van der Waals surface area contributed by atoms with Gasteiger partial charge in [0, 0.05) is 32.2 Å². The molecular formula is C24H41N5O4S2. The summed E-state index contributed by atoms with van der Waals surface area (Å²) in [5, 5.41) is 3.16. The number of hydrogen-bond donors (Lipinski definition) is 1. The van der Waals surface area contributed by atoms with Gasteiger partial charge in [0.1, 0.15) is 0 Å². The minimum Gasteiger partial charge on any atom is -0.342 e. The highest BCUT2D eigenvalue weighted by Crippen LogP contribution is 2.33. The van der Waals surface area contributed by atoms with E-state index in [1.807, 2.05) is 18.7 Å². The Bertz CT molecular complexity index is 949. The molecule has 9 nitrogen and oxygen atoms in total. The van der Waals surface area contributed by atoms with Crippen LogP contribution < -0.4 is 5.32 Å². The molecule has 1 heterocycles. The highest BCUT2D eigenvalue weighted by atomic mass is 32.2. The quantitative estimate of drug-likeness (QED) is 0.513. The van der Waals surface area contributed by atoms with Gasteiger partial charge in [0.05, 0.1) is 12.7 Å². The van der Waals surface area contributed by atoms with E-state index in [-0.39, 0.29) is 39.9 Å². The zero-order valence-electron chi connectivity index (χ0n) is 21.5. The molecule has 2 aliphatic rings. The molecule has 3 amide bonds. The summed E-state index contributed by atoms with van der Waals surface area (Å²) < 4.78 is 27.1. The molecule has 0 saturated heterocycles. The Labute approximate surface area is 214 Å². The van der Waals surface area contributed by atoms with Crippen LogP contribution in [0.3, 0.4) is 0 Å². The number of hydrogen-bond acceptors (Lipinski definition) is 6. The van der Waals surface area contributed by atoms with Crippen molar-refractivity contribution < 1.29 is 18.0 Å². The Balaban J connectivity index is 1.70. The van der Waals surface area contributed by atoms with E-state index in [0.29, 0.717) is 19.0 Å². The van der Waals surface area contributed by atoms with E-state index in [1.54, 1.807) is 4.90 Å². The summed E-state index contributed by atoms with van der Waals surface area (Å²) in [5.41, 5.74) is 0. The van der Waals surface area contributed by atoms with Gasteiger partial charge in [-0.3, -0.25) is 10.1 Å². The molecule has 0 aromatic carbocycles. The summed E-state index contributed by atoms with van der Waals surface area (Å²) in [4.78, 5) is 33.7. The van der Waals surface area contributed by atoms with Crippen LogP contribution in [0.15, 0.2) is 10.4 Å². The molecule has 2 saturated carbocycles. The first-order chi connectivity index (χ1) is 16.7. The molecule has 198 valence electrons. The number of nitrogens with zero attached hydrogens (tertiary/aromatic N) is 4. The Kier molecular flexibility index (Phi) is 9.94. The van der Waals surface area contributed by atoms with E-state index in [1.165, 1.54) is 19.7 Å². The molecule has 3 rings (SSSR count). The Hall–Kier alpha value is -1.72. The van der Waals surface area contributed by atoms with Crippen LogP contribution in [0.5, 0.6) is 0 Å². The SMILES string of the molecule is CCN(CC)C(=O)CN(C)S(=O)(=O)c1cnc(NC(=O)N(C2CCCCC2)[C@H]2CC[C@H](C)CC2)s1. The second kappa shape index (κ2) is 12.5. The summed E-state index contributed by atoms with van der Waals surface area (Å²) in [6, 6.07) is 0.261. The Morgan fingerprint density at radius 1 is 1.03 bits per heavy atom. The topological polar surface area (TPSA) is 103 Å². The number of anilines is 1. The van der Waals surface area contributed by atoms with Crippen LogP contribution in [-0.2, 0) is 14.8 Å². The predicted octanol–water partition coefficient (Wildman–Crippen LogP) is 4.38. The van der Waals surface area contributed by atoms with E-state index in [4.69, 9.17) is 0 Å². The smallest absolute Gasteiger partial charge is 0.324 e. The first-order valence-electron chi connectivity index (χ1n) is 13.0. The van der Waals surface area contributed by atoms with Crippen LogP contribution in [0, 0.1) is 5.92 Å². The molecule has 11 heteroatoms. The number of likely N-dealkylation sites (N-methyl/N-ethyl adjacent to an activating group) is 2. The van der Waals surface area contributed by atoms with Crippen LogP contribution in [0.4, 0.5) is 9.93 Å². The Morgan fingerprint density at radius 3 is 2.23 bits per heavy atom. The number of thiazole rings is 1. The van der Waals surface area contributed by atoms with Crippen molar-refractivity contribution in [1.29, 1.82) is 0 Å². The third-order valence-electron chi connectivity index (χ3n) is 7.42. The zero-order chi connectivity index (χ0) is 25.6. The molecule has 0 bridgehead atoms.